The van der Waals surface area contributed by atoms with Crippen LogP contribution in [0.25, 0.3) is 21.6 Å². The molecule has 0 spiro atoms. The van der Waals surface area contributed by atoms with Crippen molar-refractivity contribution in [1.29, 1.82) is 0 Å². The standard InChI is InChI=1S/C47H58ClN7O8S2/c1-28(2)55-36-19-13-17-34(40-49-32(27-64-40)23-29-14-12-16-31(48)22-29)38(36)51-43(55)62-33-24-37-39(56)52-47(42(58)53-65(60,61)46(6)20-21-46)25-30(47)15-10-8-7-9-11-18-35(41(57)54(37)26-33)50-44(59)63-45(3,4)5/h10,12-17,19,22,27-28,30,33,35,37H,7-9,11,18,20-21,23-26H2,1-6H3,(H,50,59)(H,52,56)(H,53,58)/t30-,33-,35+,37+,47-/m1/s1. The van der Waals surface area contributed by atoms with Gasteiger partial charge in [0.2, 0.25) is 21.8 Å². The number of nitrogens with one attached hydrogen (secondary N) is 3. The molecular weight excluding hydrogens is 890 g/mol. The number of para-hydroxylation sites is 1. The van der Waals surface area contributed by atoms with Gasteiger partial charge in [0.15, 0.2) is 0 Å². The summed E-state index contributed by atoms with van der Waals surface area (Å²) < 4.78 is 42.1. The van der Waals surface area contributed by atoms with Gasteiger partial charge in [0.25, 0.3) is 11.9 Å². The van der Waals surface area contributed by atoms with E-state index in [0.717, 1.165) is 40.2 Å². The maximum absolute atomic E-state index is 14.8. The van der Waals surface area contributed by atoms with E-state index in [-0.39, 0.29) is 25.4 Å². The lowest BCUT2D eigenvalue weighted by Crippen LogP contribution is -2.58. The summed E-state index contributed by atoms with van der Waals surface area (Å²) in [6, 6.07) is 11.6. The molecule has 2 aromatic heterocycles. The first-order valence-corrected chi connectivity index (χ1v) is 25.2. The lowest BCUT2D eigenvalue weighted by molar-refractivity contribution is -0.141. The van der Waals surface area contributed by atoms with Crippen LogP contribution in [0.1, 0.15) is 117 Å². The van der Waals surface area contributed by atoms with Crippen molar-refractivity contribution in [2.45, 2.75) is 146 Å². The highest BCUT2D eigenvalue weighted by Crippen LogP contribution is 2.48. The molecule has 2 saturated carbocycles. The van der Waals surface area contributed by atoms with Gasteiger partial charge in [-0.05, 0) is 110 Å². The summed E-state index contributed by atoms with van der Waals surface area (Å²) in [5, 5.41) is 9.19. The highest BCUT2D eigenvalue weighted by molar-refractivity contribution is 7.91. The van der Waals surface area contributed by atoms with Crippen LogP contribution in [-0.4, -0.2) is 92.3 Å². The third kappa shape index (κ3) is 10.1. The van der Waals surface area contributed by atoms with Crippen LogP contribution in [0, 0.1) is 5.92 Å². The van der Waals surface area contributed by atoms with Gasteiger partial charge in [0, 0.05) is 40.8 Å². The Morgan fingerprint density at radius 2 is 1.85 bits per heavy atom. The van der Waals surface area contributed by atoms with Gasteiger partial charge in [0.1, 0.15) is 39.9 Å². The minimum absolute atomic E-state index is 0.0266. The van der Waals surface area contributed by atoms with E-state index in [2.05, 4.69) is 15.4 Å². The van der Waals surface area contributed by atoms with Crippen molar-refractivity contribution in [3.63, 3.8) is 0 Å². The van der Waals surface area contributed by atoms with Gasteiger partial charge in [-0.2, -0.15) is 4.98 Å². The van der Waals surface area contributed by atoms with Crippen LogP contribution in [0.2, 0.25) is 5.02 Å². The van der Waals surface area contributed by atoms with Gasteiger partial charge < -0.3 is 25.0 Å². The summed E-state index contributed by atoms with van der Waals surface area (Å²) in [5.41, 5.74) is 1.90. The van der Waals surface area contributed by atoms with Crippen LogP contribution in [0.4, 0.5) is 4.79 Å². The summed E-state index contributed by atoms with van der Waals surface area (Å²) in [4.78, 5) is 68.1. The van der Waals surface area contributed by atoms with Gasteiger partial charge in [-0.1, -0.05) is 54.8 Å². The molecule has 0 radical (unpaired) electrons. The zero-order valence-electron chi connectivity index (χ0n) is 37.7. The first-order valence-electron chi connectivity index (χ1n) is 22.5. The van der Waals surface area contributed by atoms with Crippen molar-refractivity contribution in [1.82, 2.24) is 34.8 Å². The zero-order chi connectivity index (χ0) is 46.5. The lowest BCUT2D eigenvalue weighted by Gasteiger charge is -2.30. The Bertz CT molecular complexity index is 2630. The second-order valence-corrected chi connectivity index (χ2v) is 22.9. The second kappa shape index (κ2) is 18.0. The normalized spacial score (nSPS) is 24.6. The van der Waals surface area contributed by atoms with Crippen molar-refractivity contribution in [2.75, 3.05) is 6.54 Å². The fourth-order valence-corrected chi connectivity index (χ4v) is 11.1. The Morgan fingerprint density at radius 3 is 2.57 bits per heavy atom. The summed E-state index contributed by atoms with van der Waals surface area (Å²) in [5.74, 6) is -2.39. The monoisotopic (exact) mass is 947 g/mol. The number of halogens is 1. The molecule has 8 rings (SSSR count). The van der Waals surface area contributed by atoms with E-state index < -0.39 is 73.8 Å². The molecular formula is C47H58ClN7O8S2. The average molecular weight is 949 g/mol. The smallest absolute Gasteiger partial charge is 0.408 e. The number of imidazole rings is 1. The second-order valence-electron chi connectivity index (χ2n) is 19.4. The van der Waals surface area contributed by atoms with Gasteiger partial charge in [0.05, 0.1) is 22.5 Å². The summed E-state index contributed by atoms with van der Waals surface area (Å²) >= 11 is 7.77. The van der Waals surface area contributed by atoms with E-state index in [0.29, 0.717) is 55.1 Å². The summed E-state index contributed by atoms with van der Waals surface area (Å²) in [7, 11) is -4.02. The van der Waals surface area contributed by atoms with Crippen LogP contribution in [0.5, 0.6) is 6.01 Å². The minimum Gasteiger partial charge on any atom is -0.459 e. The zero-order valence-corrected chi connectivity index (χ0v) is 40.1. The Hall–Kier alpha value is -5.00. The molecule has 3 fully saturated rings. The topological polar surface area (TPSA) is 191 Å². The van der Waals surface area contributed by atoms with E-state index in [1.807, 2.05) is 78.4 Å². The number of aromatic nitrogens is 3. The number of hydrogen-bond acceptors (Lipinski definition) is 11. The number of nitrogens with zero attached hydrogens (tertiary/aromatic N) is 4. The molecule has 5 atom stereocenters. The molecule has 2 aromatic carbocycles. The van der Waals surface area contributed by atoms with E-state index in [1.165, 1.54) is 16.2 Å². The Labute approximate surface area is 389 Å². The first-order chi connectivity index (χ1) is 30.8. The number of sulfonamides is 1. The summed E-state index contributed by atoms with van der Waals surface area (Å²) in [6.07, 6.45) is 7.14. The highest BCUT2D eigenvalue weighted by Gasteiger charge is 2.63. The van der Waals surface area contributed by atoms with Gasteiger partial charge in [-0.15, -0.1) is 11.3 Å². The van der Waals surface area contributed by atoms with Crippen LogP contribution < -0.4 is 20.1 Å². The molecule has 0 bridgehead atoms. The van der Waals surface area contributed by atoms with E-state index in [9.17, 15) is 27.6 Å². The van der Waals surface area contributed by atoms with Crippen LogP contribution in [0.3, 0.4) is 0 Å². The summed E-state index contributed by atoms with van der Waals surface area (Å²) in [6.45, 7) is 10.8. The molecule has 348 valence electrons. The van der Waals surface area contributed by atoms with Gasteiger partial charge in [-0.3, -0.25) is 23.7 Å². The third-order valence-electron chi connectivity index (χ3n) is 12.7. The highest BCUT2D eigenvalue weighted by atomic mass is 35.5. The number of ether oxygens (including phenoxy) is 2. The van der Waals surface area contributed by atoms with E-state index in [4.69, 9.17) is 31.0 Å². The molecule has 0 unspecified atom stereocenters. The Morgan fingerprint density at radius 1 is 1.08 bits per heavy atom. The number of fused-ring (bicyclic) bond motifs is 3. The average Bonchev–Trinajstić information content (AvgIpc) is 3.92. The molecule has 1 saturated heterocycles. The fourth-order valence-electron chi connectivity index (χ4n) is 8.76. The SMILES string of the molecule is CC(C)n1c(O[C@@H]2C[C@H]3C(=O)N[C@]4(C(=O)NS(=O)(=O)C5(C)CC5)C[C@H]4C=CCCCCC[C@H](NC(=O)OC(C)(C)C)C(=O)N3C2)nc2c(-c3nc(Cc4cccc(Cl)c4)cs3)cccc21. The molecule has 4 aliphatic rings. The van der Waals surface area contributed by atoms with Gasteiger partial charge >= 0.3 is 6.09 Å². The molecule has 18 heteroatoms. The maximum Gasteiger partial charge on any atom is 0.408 e. The predicted octanol–water partition coefficient (Wildman–Crippen LogP) is 7.62. The third-order valence-corrected chi connectivity index (χ3v) is 16.0. The minimum atomic E-state index is -4.02. The van der Waals surface area contributed by atoms with Crippen molar-refractivity contribution >= 4 is 67.8 Å². The van der Waals surface area contributed by atoms with Crippen molar-refractivity contribution < 1.29 is 37.1 Å². The number of carbonyl (C=O) groups excluding carboxylic acids is 4. The fraction of sp³-hybridized carbons (Fsp3) is 0.532. The molecule has 3 N–H and O–H groups in total. The quantitative estimate of drug-likeness (QED) is 0.133. The first kappa shape index (κ1) is 46.5. The number of thiazole rings is 1. The largest absolute Gasteiger partial charge is 0.459 e. The molecule has 15 nitrogen and oxygen atoms in total. The van der Waals surface area contributed by atoms with Crippen LogP contribution in [0.15, 0.2) is 60.0 Å². The number of amides is 4. The lowest BCUT2D eigenvalue weighted by atomic mass is 10.0. The number of allylic oxidation sites excluding steroid dienone is 1. The Kier molecular flexibility index (Phi) is 12.9. The molecule has 4 amide bonds. The molecule has 4 heterocycles. The van der Waals surface area contributed by atoms with E-state index >= 15 is 0 Å². The molecule has 2 aliphatic heterocycles. The number of alkyl carbamates (subject to hydrolysis) is 1. The molecule has 4 aromatic rings. The predicted molar refractivity (Wildman–Crippen MR) is 249 cm³/mol. The molecule has 65 heavy (non-hydrogen) atoms. The maximum atomic E-state index is 14.8. The number of benzene rings is 2. The number of hydrogen-bond donors (Lipinski definition) is 3. The Balaban J connectivity index is 1.11. The van der Waals surface area contributed by atoms with Crippen LogP contribution in [-0.2, 0) is 35.6 Å². The van der Waals surface area contributed by atoms with Crippen molar-refractivity contribution in [2.24, 2.45) is 5.92 Å². The van der Waals surface area contributed by atoms with Crippen LogP contribution >= 0.6 is 22.9 Å². The van der Waals surface area contributed by atoms with Crippen molar-refractivity contribution in [3.8, 4) is 16.6 Å². The van der Waals surface area contributed by atoms with Crippen molar-refractivity contribution in [3.05, 3.63) is 76.3 Å². The van der Waals surface area contributed by atoms with E-state index in [1.54, 1.807) is 27.7 Å². The number of carbonyl (C=O) groups is 4. The molecule has 2 aliphatic carbocycles. The number of rotatable bonds is 10. The van der Waals surface area contributed by atoms with Gasteiger partial charge in [-0.25, -0.2) is 18.2 Å².